The lowest BCUT2D eigenvalue weighted by Crippen LogP contribution is -2.57. The van der Waals surface area contributed by atoms with Crippen molar-refractivity contribution in [3.63, 3.8) is 0 Å². The highest BCUT2D eigenvalue weighted by molar-refractivity contribution is 5.96. The van der Waals surface area contributed by atoms with E-state index >= 15 is 0 Å². The fourth-order valence-electron chi connectivity index (χ4n) is 2.15. The van der Waals surface area contributed by atoms with E-state index in [0.717, 1.165) is 6.92 Å². The first-order valence-corrected chi connectivity index (χ1v) is 8.86. The van der Waals surface area contributed by atoms with Crippen LogP contribution in [0.5, 0.6) is 0 Å². The van der Waals surface area contributed by atoms with Crippen molar-refractivity contribution in [3.8, 4) is 0 Å². The SMILES string of the molecule is CC(NC(=O)C(CC(=O)O)NC(=O)C(CCC(N)=O)NC(=O)C(N)CC(=O)O)C(=O)O. The third kappa shape index (κ3) is 11.1. The topological polar surface area (TPSA) is 268 Å². The van der Waals surface area contributed by atoms with Gasteiger partial charge in [-0.25, -0.2) is 0 Å². The highest BCUT2D eigenvalue weighted by Gasteiger charge is 2.31. The van der Waals surface area contributed by atoms with Gasteiger partial charge >= 0.3 is 17.9 Å². The van der Waals surface area contributed by atoms with Crippen molar-refractivity contribution in [2.24, 2.45) is 11.5 Å². The number of carboxylic acids is 3. The molecule has 0 radical (unpaired) electrons. The van der Waals surface area contributed by atoms with Crippen LogP contribution in [0.2, 0.25) is 0 Å². The molecule has 0 saturated heterocycles. The summed E-state index contributed by atoms with van der Waals surface area (Å²) in [5.74, 6) is -8.39. The van der Waals surface area contributed by atoms with Crippen molar-refractivity contribution in [1.82, 2.24) is 16.0 Å². The van der Waals surface area contributed by atoms with Crippen molar-refractivity contribution in [2.45, 2.75) is 56.8 Å². The van der Waals surface area contributed by atoms with Crippen LogP contribution >= 0.6 is 0 Å². The van der Waals surface area contributed by atoms with E-state index in [0.29, 0.717) is 0 Å². The first-order valence-electron chi connectivity index (χ1n) is 8.86. The van der Waals surface area contributed by atoms with E-state index in [2.05, 4.69) is 10.6 Å². The van der Waals surface area contributed by atoms with E-state index in [1.54, 1.807) is 0 Å². The van der Waals surface area contributed by atoms with E-state index in [9.17, 15) is 33.6 Å². The van der Waals surface area contributed by atoms with Gasteiger partial charge < -0.3 is 42.7 Å². The number of primary amides is 1. The Labute approximate surface area is 175 Å². The van der Waals surface area contributed by atoms with Gasteiger partial charge in [-0.1, -0.05) is 0 Å². The monoisotopic (exact) mass is 447 g/mol. The molecule has 0 aliphatic carbocycles. The summed E-state index contributed by atoms with van der Waals surface area (Å²) in [5.41, 5.74) is 10.4. The molecule has 0 heterocycles. The molecule has 4 amide bonds. The molecule has 0 bridgehead atoms. The Bertz CT molecular complexity index is 740. The van der Waals surface area contributed by atoms with Gasteiger partial charge in [0.2, 0.25) is 23.6 Å². The predicted molar refractivity (Wildman–Crippen MR) is 100 cm³/mol. The molecule has 15 nitrogen and oxygen atoms in total. The van der Waals surface area contributed by atoms with Gasteiger partial charge in [0.15, 0.2) is 0 Å². The molecule has 31 heavy (non-hydrogen) atoms. The summed E-state index contributed by atoms with van der Waals surface area (Å²) < 4.78 is 0. The molecule has 0 aromatic heterocycles. The van der Waals surface area contributed by atoms with Crippen molar-refractivity contribution in [2.75, 3.05) is 0 Å². The number of carbonyl (C=O) groups is 7. The zero-order valence-electron chi connectivity index (χ0n) is 16.5. The second-order valence-corrected chi connectivity index (χ2v) is 6.50. The van der Waals surface area contributed by atoms with Gasteiger partial charge in [0.25, 0.3) is 0 Å². The van der Waals surface area contributed by atoms with Crippen molar-refractivity contribution < 1.29 is 48.9 Å². The maximum absolute atomic E-state index is 12.5. The zero-order chi connectivity index (χ0) is 24.3. The van der Waals surface area contributed by atoms with E-state index in [4.69, 9.17) is 26.8 Å². The molecule has 0 saturated carbocycles. The van der Waals surface area contributed by atoms with Crippen LogP contribution in [0.15, 0.2) is 0 Å². The number of hydrogen-bond acceptors (Lipinski definition) is 8. The molecule has 0 rings (SSSR count). The molecule has 0 aromatic rings. The first kappa shape index (κ1) is 27.2. The highest BCUT2D eigenvalue weighted by Crippen LogP contribution is 2.03. The van der Waals surface area contributed by atoms with E-state index < -0.39 is 85.0 Å². The Morgan fingerprint density at radius 1 is 0.774 bits per heavy atom. The smallest absolute Gasteiger partial charge is 0.325 e. The molecule has 0 aromatic carbocycles. The quantitative estimate of drug-likeness (QED) is 0.127. The summed E-state index contributed by atoms with van der Waals surface area (Å²) >= 11 is 0. The minimum Gasteiger partial charge on any atom is -0.481 e. The van der Waals surface area contributed by atoms with Crippen LogP contribution in [-0.2, 0) is 33.6 Å². The Balaban J connectivity index is 5.45. The van der Waals surface area contributed by atoms with Gasteiger partial charge in [0.05, 0.1) is 18.9 Å². The maximum Gasteiger partial charge on any atom is 0.325 e. The Kier molecular flexibility index (Phi) is 11.2. The van der Waals surface area contributed by atoms with Crippen LogP contribution in [0, 0.1) is 0 Å². The molecule has 15 heteroatoms. The standard InChI is InChI=1S/C16H25N5O10/c1-6(16(30)31)19-15(29)9(5-12(25)26)21-14(28)8(2-3-10(18)22)20-13(27)7(17)4-11(23)24/h6-9H,2-5,17H2,1H3,(H2,18,22)(H,19,29)(H,20,27)(H,21,28)(H,23,24)(H,25,26)(H,30,31). The van der Waals surface area contributed by atoms with Crippen LogP contribution < -0.4 is 27.4 Å². The lowest BCUT2D eigenvalue weighted by Gasteiger charge is -2.23. The predicted octanol–water partition coefficient (Wildman–Crippen LogP) is -3.91. The Morgan fingerprint density at radius 2 is 1.26 bits per heavy atom. The fraction of sp³-hybridized carbons (Fsp3) is 0.562. The molecule has 0 aliphatic rings. The molecule has 0 spiro atoms. The minimum absolute atomic E-state index is 0.361. The number of amides is 4. The summed E-state index contributed by atoms with van der Waals surface area (Å²) in [6, 6.07) is -6.15. The average Bonchev–Trinajstić information content (AvgIpc) is 2.62. The Hall–Kier alpha value is -3.75. The number of hydrogen-bond donors (Lipinski definition) is 8. The van der Waals surface area contributed by atoms with Crippen LogP contribution in [0.4, 0.5) is 0 Å². The third-order valence-electron chi connectivity index (χ3n) is 3.78. The zero-order valence-corrected chi connectivity index (χ0v) is 16.5. The van der Waals surface area contributed by atoms with Gasteiger partial charge in [0, 0.05) is 6.42 Å². The summed E-state index contributed by atoms with van der Waals surface area (Å²) in [5, 5.41) is 32.6. The van der Waals surface area contributed by atoms with Crippen molar-refractivity contribution in [3.05, 3.63) is 0 Å². The second kappa shape index (κ2) is 12.7. The van der Waals surface area contributed by atoms with Crippen LogP contribution in [0.3, 0.4) is 0 Å². The van der Waals surface area contributed by atoms with Crippen molar-refractivity contribution in [1.29, 1.82) is 0 Å². The summed E-state index contributed by atoms with van der Waals surface area (Å²) in [6.45, 7) is 1.11. The largest absolute Gasteiger partial charge is 0.481 e. The first-order chi connectivity index (χ1) is 14.2. The van der Waals surface area contributed by atoms with Gasteiger partial charge in [-0.05, 0) is 13.3 Å². The number of carbonyl (C=O) groups excluding carboxylic acids is 4. The fourth-order valence-corrected chi connectivity index (χ4v) is 2.15. The summed E-state index contributed by atoms with van der Waals surface area (Å²) in [4.78, 5) is 80.3. The third-order valence-corrected chi connectivity index (χ3v) is 3.78. The number of nitrogens with one attached hydrogen (secondary N) is 3. The number of nitrogens with two attached hydrogens (primary N) is 2. The Morgan fingerprint density at radius 3 is 1.71 bits per heavy atom. The molecule has 0 fully saturated rings. The summed E-state index contributed by atoms with van der Waals surface area (Å²) in [7, 11) is 0. The summed E-state index contributed by atoms with van der Waals surface area (Å²) in [6.07, 6.45) is -2.43. The van der Waals surface area contributed by atoms with Gasteiger partial charge in [-0.15, -0.1) is 0 Å². The van der Waals surface area contributed by atoms with Crippen LogP contribution in [-0.4, -0.2) is 81.0 Å². The minimum atomic E-state index is -1.72. The lowest BCUT2D eigenvalue weighted by molar-refractivity contribution is -0.143. The molecule has 10 N–H and O–H groups in total. The molecular weight excluding hydrogens is 422 g/mol. The van der Waals surface area contributed by atoms with Crippen LogP contribution in [0.1, 0.15) is 32.6 Å². The number of rotatable bonds is 14. The molecule has 4 unspecified atom stereocenters. The molecule has 0 aliphatic heterocycles. The normalized spacial score (nSPS) is 14.3. The lowest BCUT2D eigenvalue weighted by atomic mass is 10.1. The molecule has 4 atom stereocenters. The average molecular weight is 447 g/mol. The molecule has 174 valence electrons. The van der Waals surface area contributed by atoms with Gasteiger partial charge in [0.1, 0.15) is 18.1 Å². The maximum atomic E-state index is 12.5. The van der Waals surface area contributed by atoms with Gasteiger partial charge in [-0.2, -0.15) is 0 Å². The van der Waals surface area contributed by atoms with E-state index in [-0.39, 0.29) is 6.42 Å². The second-order valence-electron chi connectivity index (χ2n) is 6.50. The molecular formula is C16H25N5O10. The highest BCUT2D eigenvalue weighted by atomic mass is 16.4. The van der Waals surface area contributed by atoms with Crippen molar-refractivity contribution >= 4 is 41.5 Å². The van der Waals surface area contributed by atoms with Crippen LogP contribution in [0.25, 0.3) is 0 Å². The van der Waals surface area contributed by atoms with E-state index in [1.165, 1.54) is 0 Å². The van der Waals surface area contributed by atoms with E-state index in [1.807, 2.05) is 5.32 Å². The number of carboxylic acid groups (broad SMARTS) is 3. The van der Waals surface area contributed by atoms with Gasteiger partial charge in [-0.3, -0.25) is 33.6 Å². The number of aliphatic carboxylic acids is 3.